The van der Waals surface area contributed by atoms with Crippen LogP contribution in [-0.2, 0) is 4.79 Å². The van der Waals surface area contributed by atoms with Crippen molar-refractivity contribution in [3.63, 3.8) is 0 Å². The molecule has 0 radical (unpaired) electrons. The second-order valence-corrected chi connectivity index (χ2v) is 9.70. The fourth-order valence-corrected chi connectivity index (χ4v) is 4.10. The van der Waals surface area contributed by atoms with Gasteiger partial charge < -0.3 is 25.0 Å². The van der Waals surface area contributed by atoms with Crippen LogP contribution in [0.1, 0.15) is 31.8 Å². The molecule has 0 aliphatic carbocycles. The highest BCUT2D eigenvalue weighted by Crippen LogP contribution is 2.26. The molecule has 0 bridgehead atoms. The molecule has 2 N–H and O–H groups in total. The second-order valence-electron chi connectivity index (χ2n) is 9.70. The monoisotopic (exact) mass is 575 g/mol. The zero-order chi connectivity index (χ0) is 30.8. The highest BCUT2D eigenvalue weighted by atomic mass is 16.5. The third kappa shape index (κ3) is 8.20. The first-order valence-electron chi connectivity index (χ1n) is 13.5. The maximum atomic E-state index is 13.4. The molecule has 0 unspecified atom stereocenters. The Morgan fingerprint density at radius 1 is 0.767 bits per heavy atom. The van der Waals surface area contributed by atoms with Crippen molar-refractivity contribution in [2.24, 2.45) is 0 Å². The summed E-state index contributed by atoms with van der Waals surface area (Å²) in [6.07, 6.45) is 4.81. The number of hydrogen-bond acceptors (Lipinski definition) is 6. The summed E-state index contributed by atoms with van der Waals surface area (Å²) in [6.45, 7) is 0. The van der Waals surface area contributed by atoms with Gasteiger partial charge >= 0.3 is 0 Å². The Hall–Kier alpha value is -5.63. The summed E-state index contributed by atoms with van der Waals surface area (Å²) < 4.78 is 10.7. The predicted molar refractivity (Wildman–Crippen MR) is 171 cm³/mol. The van der Waals surface area contributed by atoms with E-state index in [1.807, 2.05) is 43.3 Å². The van der Waals surface area contributed by atoms with Gasteiger partial charge in [-0.1, -0.05) is 36.4 Å². The summed E-state index contributed by atoms with van der Waals surface area (Å²) >= 11 is 0. The first kappa shape index (κ1) is 30.3. The minimum Gasteiger partial charge on any atom is -0.497 e. The molecule has 43 heavy (non-hydrogen) atoms. The van der Waals surface area contributed by atoms with Crippen LogP contribution < -0.4 is 25.0 Å². The molecule has 2 amide bonds. The second kappa shape index (κ2) is 14.3. The van der Waals surface area contributed by atoms with Crippen LogP contribution in [0, 0.1) is 0 Å². The van der Waals surface area contributed by atoms with E-state index in [9.17, 15) is 14.4 Å². The normalized spacial score (nSPS) is 11.1. The largest absolute Gasteiger partial charge is 0.497 e. The Morgan fingerprint density at radius 3 is 2.09 bits per heavy atom. The number of methoxy groups -OCH3 is 2. The zero-order valence-electron chi connectivity index (χ0n) is 24.5. The Balaban J connectivity index is 1.52. The van der Waals surface area contributed by atoms with Gasteiger partial charge in [-0.25, -0.2) is 0 Å². The lowest BCUT2D eigenvalue weighted by atomic mass is 10.1. The summed E-state index contributed by atoms with van der Waals surface area (Å²) in [5.74, 6) is -0.124. The third-order valence-electron chi connectivity index (χ3n) is 6.53. The topological polar surface area (TPSA) is 97.0 Å². The van der Waals surface area contributed by atoms with Gasteiger partial charge in [-0.3, -0.25) is 14.4 Å². The maximum absolute atomic E-state index is 13.4. The number of carbonyl (C=O) groups is 3. The van der Waals surface area contributed by atoms with Gasteiger partial charge in [0.1, 0.15) is 17.2 Å². The summed E-state index contributed by atoms with van der Waals surface area (Å²) in [5.41, 5.74) is 3.86. The van der Waals surface area contributed by atoms with Gasteiger partial charge in [0, 0.05) is 48.2 Å². The van der Waals surface area contributed by atoms with E-state index >= 15 is 0 Å². The molecule has 4 aromatic carbocycles. The van der Waals surface area contributed by atoms with Gasteiger partial charge in [0.2, 0.25) is 0 Å². The summed E-state index contributed by atoms with van der Waals surface area (Å²) in [5, 5.41) is 5.51. The Morgan fingerprint density at radius 2 is 1.47 bits per heavy atom. The van der Waals surface area contributed by atoms with Crippen LogP contribution in [0.5, 0.6) is 11.5 Å². The highest BCUT2D eigenvalue weighted by Gasteiger charge is 2.17. The summed E-state index contributed by atoms with van der Waals surface area (Å²) in [6, 6.07) is 28.1. The smallest absolute Gasteiger partial charge is 0.272 e. The van der Waals surface area contributed by atoms with Crippen molar-refractivity contribution in [2.45, 2.75) is 0 Å². The first-order valence-corrected chi connectivity index (χ1v) is 13.5. The molecule has 0 saturated carbocycles. The Labute approximate surface area is 251 Å². The van der Waals surface area contributed by atoms with E-state index < -0.39 is 11.8 Å². The number of allylic oxidation sites excluding steroid dienone is 1. The summed E-state index contributed by atoms with van der Waals surface area (Å²) in [4.78, 5) is 41.1. The van der Waals surface area contributed by atoms with Gasteiger partial charge in [0.05, 0.1) is 14.2 Å². The minimum atomic E-state index is -0.553. The van der Waals surface area contributed by atoms with Crippen molar-refractivity contribution in [3.8, 4) is 11.5 Å². The molecule has 0 aliphatic heterocycles. The molecule has 4 aromatic rings. The van der Waals surface area contributed by atoms with Gasteiger partial charge in [-0.2, -0.15) is 0 Å². The van der Waals surface area contributed by atoms with Crippen molar-refractivity contribution in [1.29, 1.82) is 0 Å². The average molecular weight is 576 g/mol. The molecule has 0 saturated heterocycles. The lowest BCUT2D eigenvalue weighted by molar-refractivity contribution is -0.113. The highest BCUT2D eigenvalue weighted by molar-refractivity contribution is 6.11. The number of anilines is 2. The molecule has 8 heteroatoms. The van der Waals surface area contributed by atoms with Gasteiger partial charge in [0.25, 0.3) is 11.8 Å². The molecule has 4 rings (SSSR count). The third-order valence-corrected chi connectivity index (χ3v) is 6.53. The molecule has 218 valence electrons. The molecule has 0 fully saturated rings. The average Bonchev–Trinajstić information content (AvgIpc) is 3.04. The van der Waals surface area contributed by atoms with E-state index in [0.29, 0.717) is 33.9 Å². The van der Waals surface area contributed by atoms with Crippen molar-refractivity contribution in [1.82, 2.24) is 5.32 Å². The molecule has 0 aliphatic rings. The number of nitrogens with zero attached hydrogens (tertiary/aromatic N) is 1. The quantitative estimate of drug-likeness (QED) is 0.166. The van der Waals surface area contributed by atoms with Crippen LogP contribution in [0.25, 0.3) is 12.2 Å². The van der Waals surface area contributed by atoms with Gasteiger partial charge in [0.15, 0.2) is 5.78 Å². The van der Waals surface area contributed by atoms with Gasteiger partial charge in [-0.05, 0) is 78.4 Å². The predicted octanol–water partition coefficient (Wildman–Crippen LogP) is 6.08. The van der Waals surface area contributed by atoms with Crippen molar-refractivity contribution >= 4 is 41.1 Å². The number of carbonyl (C=O) groups excluding carboxylic acids is 3. The van der Waals surface area contributed by atoms with Crippen LogP contribution in [0.4, 0.5) is 11.4 Å². The van der Waals surface area contributed by atoms with Crippen molar-refractivity contribution in [3.05, 3.63) is 131 Å². The first-order chi connectivity index (χ1) is 20.8. The van der Waals surface area contributed by atoms with E-state index in [0.717, 1.165) is 11.3 Å². The molecular formula is C35H33N3O5. The maximum Gasteiger partial charge on any atom is 0.272 e. The number of ketones is 1. The van der Waals surface area contributed by atoms with Gasteiger partial charge in [-0.15, -0.1) is 0 Å². The fourth-order valence-electron chi connectivity index (χ4n) is 4.10. The molecule has 0 aromatic heterocycles. The van der Waals surface area contributed by atoms with Crippen LogP contribution in [-0.4, -0.2) is 45.9 Å². The molecule has 0 atom stereocenters. The van der Waals surface area contributed by atoms with E-state index in [1.54, 1.807) is 86.0 Å². The molecule has 8 nitrogen and oxygen atoms in total. The molecular weight excluding hydrogens is 542 g/mol. The Bertz CT molecular complexity index is 1640. The number of hydrogen-bond donors (Lipinski definition) is 2. The Kier molecular flexibility index (Phi) is 10.1. The number of nitrogens with one attached hydrogen (secondary N) is 2. The van der Waals surface area contributed by atoms with Crippen LogP contribution in [0.3, 0.4) is 0 Å². The standard InChI is InChI=1S/C35H33N3O5/c1-38(2)29-18-10-24(11-19-29)12-21-32(39)25-13-16-28(17-14-25)36-35(41)31(37-34(40)26-8-6-5-7-9-26)22-27-15-20-30(42-3)23-33(27)43-4/h5-23H,1-4H3,(H,36,41)(H,37,40)/b21-12+,31-22-. The SMILES string of the molecule is COc1ccc(/C=C(\NC(=O)c2ccccc2)C(=O)Nc2ccc(C(=O)/C=C/c3ccc(N(C)C)cc3)cc2)c(OC)c1. The minimum absolute atomic E-state index is 0.000640. The number of rotatable bonds is 11. The van der Waals surface area contributed by atoms with E-state index in [-0.39, 0.29) is 11.5 Å². The summed E-state index contributed by atoms with van der Waals surface area (Å²) in [7, 11) is 6.99. The number of benzene rings is 4. The van der Waals surface area contributed by atoms with Crippen molar-refractivity contribution in [2.75, 3.05) is 38.5 Å². The van der Waals surface area contributed by atoms with Crippen molar-refractivity contribution < 1.29 is 23.9 Å². The number of amides is 2. The van der Waals surface area contributed by atoms with Crippen LogP contribution >= 0.6 is 0 Å². The van der Waals surface area contributed by atoms with E-state index in [4.69, 9.17) is 9.47 Å². The van der Waals surface area contributed by atoms with E-state index in [1.165, 1.54) is 19.3 Å². The lowest BCUT2D eigenvalue weighted by Crippen LogP contribution is -2.30. The number of ether oxygens (including phenoxy) is 2. The van der Waals surface area contributed by atoms with Crippen LogP contribution in [0.15, 0.2) is 109 Å². The fraction of sp³-hybridized carbons (Fsp3) is 0.114. The van der Waals surface area contributed by atoms with Crippen LogP contribution in [0.2, 0.25) is 0 Å². The molecule has 0 heterocycles. The zero-order valence-corrected chi connectivity index (χ0v) is 24.5. The lowest BCUT2D eigenvalue weighted by Gasteiger charge is -2.13. The van der Waals surface area contributed by atoms with E-state index in [2.05, 4.69) is 10.6 Å². The molecule has 0 spiro atoms.